The molecule has 1 heterocycles. The molecule has 0 unspecified atom stereocenters. The largest absolute Gasteiger partial charge is 0.500 e. The number of rotatable bonds is 18. The van der Waals surface area contributed by atoms with Crippen LogP contribution in [0.3, 0.4) is 0 Å². The first-order valence-corrected chi connectivity index (χ1v) is 16.7. The van der Waals surface area contributed by atoms with Crippen LogP contribution in [-0.2, 0) is 18.0 Å². The van der Waals surface area contributed by atoms with Gasteiger partial charge < -0.3 is 28.2 Å². The predicted molar refractivity (Wildman–Crippen MR) is 164 cm³/mol. The number of nitrogens with zero attached hydrogens (tertiary/aromatic N) is 5. The quantitative estimate of drug-likeness (QED) is 0.0546. The number of azo groups is 1. The molecule has 42 heavy (non-hydrogen) atoms. The maximum atomic E-state index is 12.2. The van der Waals surface area contributed by atoms with Crippen molar-refractivity contribution < 1.29 is 27.7 Å². The van der Waals surface area contributed by atoms with Gasteiger partial charge in [-0.2, -0.15) is 0 Å². The third-order valence-corrected chi connectivity index (χ3v) is 10.1. The Morgan fingerprint density at radius 2 is 1.74 bits per heavy atom. The van der Waals surface area contributed by atoms with E-state index in [0.29, 0.717) is 66.4 Å². The van der Waals surface area contributed by atoms with E-state index in [1.54, 1.807) is 6.07 Å². The lowest BCUT2D eigenvalue weighted by molar-refractivity contribution is -0.384. The summed E-state index contributed by atoms with van der Waals surface area (Å²) in [5.41, 5.74) is 2.24. The van der Waals surface area contributed by atoms with Crippen LogP contribution in [0, 0.1) is 10.1 Å². The molecular weight excluding hydrogens is 580 g/mol. The Labute approximate surface area is 250 Å². The lowest BCUT2D eigenvalue weighted by Crippen LogP contribution is -2.46. The van der Waals surface area contributed by atoms with Crippen LogP contribution in [0.5, 0.6) is 0 Å². The van der Waals surface area contributed by atoms with Crippen molar-refractivity contribution in [3.8, 4) is 0 Å². The maximum absolute atomic E-state index is 12.2. The monoisotopic (exact) mass is 618 g/mol. The second-order valence-corrected chi connectivity index (χ2v) is 12.6. The Morgan fingerprint density at radius 3 is 2.36 bits per heavy atom. The molecule has 1 amide bonds. The molecule has 2 aromatic carbocycles. The van der Waals surface area contributed by atoms with Crippen molar-refractivity contribution in [1.29, 1.82) is 0 Å². The molecule has 0 aliphatic carbocycles. The van der Waals surface area contributed by atoms with E-state index in [-0.39, 0.29) is 12.3 Å². The third-order valence-electron chi connectivity index (χ3n) is 6.04. The lowest BCUT2D eigenvalue weighted by atomic mass is 10.2. The molecule has 3 rings (SSSR count). The zero-order valence-corrected chi connectivity index (χ0v) is 26.2. The maximum Gasteiger partial charge on any atom is 0.500 e. The number of benzene rings is 2. The number of hydrogen-bond donors (Lipinski definition) is 1. The molecule has 228 valence electrons. The fourth-order valence-electron chi connectivity index (χ4n) is 4.15. The summed E-state index contributed by atoms with van der Waals surface area (Å²) in [6, 6.07) is 12.6. The highest BCUT2D eigenvalue weighted by atomic mass is 32.1. The minimum absolute atomic E-state index is 0.0123. The average Bonchev–Trinajstić information content (AvgIpc) is 3.40. The highest BCUT2D eigenvalue weighted by molar-refractivity contribution is 7.21. The highest BCUT2D eigenvalue weighted by Gasteiger charge is 2.39. The van der Waals surface area contributed by atoms with Crippen LogP contribution in [0.15, 0.2) is 52.7 Å². The van der Waals surface area contributed by atoms with Crippen molar-refractivity contribution in [2.45, 2.75) is 40.2 Å². The minimum atomic E-state index is -2.72. The van der Waals surface area contributed by atoms with Crippen LogP contribution in [0.2, 0.25) is 6.04 Å². The van der Waals surface area contributed by atoms with Crippen molar-refractivity contribution in [2.75, 3.05) is 51.0 Å². The van der Waals surface area contributed by atoms with Crippen LogP contribution in [0.4, 0.5) is 27.0 Å². The Morgan fingerprint density at radius 1 is 1.05 bits per heavy atom. The van der Waals surface area contributed by atoms with Crippen molar-refractivity contribution in [3.05, 3.63) is 52.6 Å². The fourth-order valence-corrected chi connectivity index (χ4v) is 7.59. The molecule has 1 N–H and O–H groups in total. The van der Waals surface area contributed by atoms with Crippen LogP contribution < -0.4 is 10.2 Å². The van der Waals surface area contributed by atoms with Crippen molar-refractivity contribution >= 4 is 58.6 Å². The van der Waals surface area contributed by atoms with Gasteiger partial charge in [-0.25, -0.2) is 9.78 Å². The second-order valence-electron chi connectivity index (χ2n) is 8.85. The van der Waals surface area contributed by atoms with E-state index in [9.17, 15) is 14.9 Å². The first kappa shape index (κ1) is 33.0. The van der Waals surface area contributed by atoms with Crippen LogP contribution in [-0.4, -0.2) is 70.9 Å². The van der Waals surface area contributed by atoms with E-state index >= 15 is 0 Å². The number of non-ortho nitro benzene ring substituents is 1. The summed E-state index contributed by atoms with van der Waals surface area (Å²) in [6.07, 6.45) is 0.191. The molecule has 0 bridgehead atoms. The molecule has 13 nitrogen and oxygen atoms in total. The zero-order chi connectivity index (χ0) is 30.4. The number of carbonyl (C=O) groups is 1. The number of fused-ring (bicyclic) bond motifs is 1. The van der Waals surface area contributed by atoms with E-state index < -0.39 is 19.8 Å². The molecule has 0 radical (unpaired) electrons. The van der Waals surface area contributed by atoms with Crippen molar-refractivity contribution in [2.24, 2.45) is 10.2 Å². The first-order chi connectivity index (χ1) is 20.3. The number of nitrogens with one attached hydrogen (secondary N) is 1. The van der Waals surface area contributed by atoms with E-state index in [1.807, 2.05) is 52.0 Å². The van der Waals surface area contributed by atoms with Gasteiger partial charge >= 0.3 is 14.9 Å². The molecule has 1 aromatic heterocycles. The molecule has 15 heteroatoms. The van der Waals surface area contributed by atoms with Gasteiger partial charge in [0, 0.05) is 56.8 Å². The van der Waals surface area contributed by atoms with Crippen molar-refractivity contribution in [3.63, 3.8) is 0 Å². The molecule has 0 atom stereocenters. The van der Waals surface area contributed by atoms with Crippen LogP contribution in [0.1, 0.15) is 34.1 Å². The minimum Gasteiger partial charge on any atom is -0.448 e. The van der Waals surface area contributed by atoms with Gasteiger partial charge in [-0.1, -0.05) is 11.3 Å². The lowest BCUT2D eigenvalue weighted by Gasteiger charge is -2.28. The summed E-state index contributed by atoms with van der Waals surface area (Å²) < 4.78 is 23.6. The SMILES string of the molecule is CCO[Si](CCCNC(=O)OCCN(CC)c1ccc(N=Nc2nc3ccc([N+](=O)[O-])cc3s2)cc1)(OCC)OCC. The van der Waals surface area contributed by atoms with Gasteiger partial charge in [0.25, 0.3) is 5.69 Å². The molecule has 0 spiro atoms. The first-order valence-electron chi connectivity index (χ1n) is 14.0. The zero-order valence-electron chi connectivity index (χ0n) is 24.4. The Bertz CT molecular complexity index is 1310. The predicted octanol–water partition coefficient (Wildman–Crippen LogP) is 6.61. The van der Waals surface area contributed by atoms with Gasteiger partial charge in [-0.3, -0.25) is 10.1 Å². The molecule has 0 aliphatic rings. The second kappa shape index (κ2) is 16.8. The number of hydrogen-bond acceptors (Lipinski definition) is 12. The summed E-state index contributed by atoms with van der Waals surface area (Å²) in [6.45, 7) is 11.2. The number of ether oxygens (including phenoxy) is 1. The van der Waals surface area contributed by atoms with Gasteiger partial charge in [-0.05, 0) is 64.4 Å². The van der Waals surface area contributed by atoms with Gasteiger partial charge in [-0.15, -0.1) is 10.2 Å². The topological polar surface area (TPSA) is 150 Å². The molecule has 0 saturated heterocycles. The molecular formula is C27H38N6O7SSi. The van der Waals surface area contributed by atoms with E-state index in [4.69, 9.17) is 18.0 Å². The normalized spacial score (nSPS) is 11.7. The average molecular weight is 619 g/mol. The number of alkyl carbamates (subject to hydrolysis) is 1. The number of thiazole rings is 1. The van der Waals surface area contributed by atoms with Crippen LogP contribution in [0.25, 0.3) is 10.2 Å². The molecule has 0 saturated carbocycles. The van der Waals surface area contributed by atoms with Gasteiger partial charge in [0.1, 0.15) is 6.61 Å². The Balaban J connectivity index is 1.44. The van der Waals surface area contributed by atoms with E-state index in [0.717, 1.165) is 12.2 Å². The number of amides is 1. The Hall–Kier alpha value is -3.50. The summed E-state index contributed by atoms with van der Waals surface area (Å²) in [4.78, 5) is 29.2. The fraction of sp³-hybridized carbons (Fsp3) is 0.481. The number of anilines is 1. The standard InChI is InChI=1S/C27H38N6O7SSi/c1-5-32(17-18-37-27(34)28-16-9-19-42(38-6-2,39-7-3)40-8-4)22-12-10-21(11-13-22)30-31-26-29-24-15-14-23(33(35)36)20-25(24)41-26/h10-15,20H,5-9,16-19H2,1-4H3,(H,28,34). The number of likely N-dealkylation sites (N-methyl/N-ethyl adjacent to an activating group) is 1. The van der Waals surface area contributed by atoms with Crippen LogP contribution >= 0.6 is 11.3 Å². The van der Waals surface area contributed by atoms with E-state index in [2.05, 4.69) is 25.4 Å². The number of carbonyl (C=O) groups excluding carboxylic acids is 1. The van der Waals surface area contributed by atoms with E-state index in [1.165, 1.54) is 23.5 Å². The van der Waals surface area contributed by atoms with Crippen molar-refractivity contribution in [1.82, 2.24) is 10.3 Å². The summed E-state index contributed by atoms with van der Waals surface area (Å²) in [5.74, 6) is 0. The number of nitro benzene ring substituents is 1. The Kier molecular flexibility index (Phi) is 13.2. The summed E-state index contributed by atoms with van der Waals surface area (Å²) >= 11 is 1.24. The molecule has 3 aromatic rings. The molecule has 0 aliphatic heterocycles. The van der Waals surface area contributed by atoms with Gasteiger partial charge in [0.2, 0.25) is 5.13 Å². The number of aromatic nitrogens is 1. The summed E-state index contributed by atoms with van der Waals surface area (Å²) in [7, 11) is -2.72. The smallest absolute Gasteiger partial charge is 0.448 e. The van der Waals surface area contributed by atoms with Gasteiger partial charge in [0.15, 0.2) is 0 Å². The number of nitro groups is 1. The molecule has 0 fully saturated rings. The summed E-state index contributed by atoms with van der Waals surface area (Å²) in [5, 5.41) is 22.6. The highest BCUT2D eigenvalue weighted by Crippen LogP contribution is 2.32. The van der Waals surface area contributed by atoms with Gasteiger partial charge in [0.05, 0.1) is 27.4 Å². The third kappa shape index (κ3) is 9.80.